The van der Waals surface area contributed by atoms with Crippen molar-refractivity contribution in [3.63, 3.8) is 0 Å². The van der Waals surface area contributed by atoms with Crippen LogP contribution in [0.2, 0.25) is 0 Å². The van der Waals surface area contributed by atoms with E-state index in [0.717, 1.165) is 21.9 Å². The Morgan fingerprint density at radius 1 is 0.977 bits per heavy atom. The molecule has 0 saturated heterocycles. The van der Waals surface area contributed by atoms with Crippen LogP contribution in [0.5, 0.6) is 5.75 Å². The first-order chi connectivity index (χ1) is 20.9. The van der Waals surface area contributed by atoms with Gasteiger partial charge in [0.25, 0.3) is 5.56 Å². The van der Waals surface area contributed by atoms with E-state index in [1.54, 1.807) is 18.6 Å². The molecule has 1 aliphatic rings. The molecule has 0 spiro atoms. The Morgan fingerprint density at radius 3 is 2.40 bits per heavy atom. The molecule has 0 aliphatic carbocycles. The third-order valence-corrected chi connectivity index (χ3v) is 8.68. The second kappa shape index (κ2) is 11.9. The van der Waals surface area contributed by atoms with Gasteiger partial charge in [0.15, 0.2) is 4.80 Å². The first-order valence-electron chi connectivity index (χ1n) is 14.3. The predicted molar refractivity (Wildman–Crippen MR) is 172 cm³/mol. The number of fused-ring (bicyclic) bond motifs is 2. The number of hydrogen-bond acceptors (Lipinski definition) is 6. The molecule has 0 amide bonds. The molecule has 7 heteroatoms. The average molecular weight is 589 g/mol. The van der Waals surface area contributed by atoms with Crippen LogP contribution in [0.25, 0.3) is 22.5 Å². The summed E-state index contributed by atoms with van der Waals surface area (Å²) >= 11 is 1.31. The topological polar surface area (TPSA) is 69.9 Å². The molecule has 0 bridgehead atoms. The molecule has 1 aromatic heterocycles. The maximum atomic E-state index is 14.3. The lowest BCUT2D eigenvalue weighted by Gasteiger charge is -2.28. The van der Waals surface area contributed by atoms with Crippen molar-refractivity contribution in [3.8, 4) is 5.75 Å². The van der Waals surface area contributed by atoms with Crippen molar-refractivity contribution in [1.82, 2.24) is 4.57 Å². The van der Waals surface area contributed by atoms with Gasteiger partial charge in [-0.15, -0.1) is 0 Å². The summed E-state index contributed by atoms with van der Waals surface area (Å²) in [6, 6.07) is 28.7. The van der Waals surface area contributed by atoms with E-state index in [0.29, 0.717) is 37.8 Å². The van der Waals surface area contributed by atoms with Gasteiger partial charge >= 0.3 is 5.97 Å². The first kappa shape index (κ1) is 28.4. The highest BCUT2D eigenvalue weighted by molar-refractivity contribution is 7.07. The Hall–Kier alpha value is -4.75. The second-order valence-electron chi connectivity index (χ2n) is 10.7. The Bertz CT molecular complexity index is 2040. The summed E-state index contributed by atoms with van der Waals surface area (Å²) < 4.78 is 13.7. The van der Waals surface area contributed by atoms with Gasteiger partial charge in [-0.05, 0) is 46.9 Å². The molecule has 1 atom stereocenters. The molecular weight excluding hydrogens is 556 g/mol. The fourth-order valence-electron chi connectivity index (χ4n) is 5.58. The van der Waals surface area contributed by atoms with Crippen molar-refractivity contribution in [2.75, 3.05) is 13.7 Å². The number of carbonyl (C=O) groups excluding carboxylic acids is 1. The SMILES string of the molecule is CCOC(=O)C1=C(c2ccccc2)N=c2s/c(=C\c3ccc(C(C)C)cc3)c(=O)n2C1c1c(OC)ccc2ccccc12. The molecule has 0 fully saturated rings. The minimum Gasteiger partial charge on any atom is -0.496 e. The lowest BCUT2D eigenvalue weighted by Crippen LogP contribution is -2.40. The van der Waals surface area contributed by atoms with Gasteiger partial charge in [0, 0.05) is 11.1 Å². The molecule has 4 aromatic carbocycles. The Balaban J connectivity index is 1.70. The van der Waals surface area contributed by atoms with E-state index in [1.807, 2.05) is 84.9 Å². The number of benzene rings is 4. The van der Waals surface area contributed by atoms with Crippen LogP contribution in [-0.2, 0) is 9.53 Å². The number of methoxy groups -OCH3 is 1. The highest BCUT2D eigenvalue weighted by atomic mass is 32.1. The number of carbonyl (C=O) groups is 1. The van der Waals surface area contributed by atoms with E-state index in [1.165, 1.54) is 16.9 Å². The van der Waals surface area contributed by atoms with E-state index in [9.17, 15) is 9.59 Å². The van der Waals surface area contributed by atoms with Gasteiger partial charge in [-0.2, -0.15) is 0 Å². The zero-order valence-electron chi connectivity index (χ0n) is 24.5. The lowest BCUT2D eigenvalue weighted by atomic mass is 9.89. The van der Waals surface area contributed by atoms with E-state index < -0.39 is 12.0 Å². The molecule has 2 heterocycles. The third-order valence-electron chi connectivity index (χ3n) is 7.70. The number of nitrogens with zero attached hydrogens (tertiary/aromatic N) is 2. The molecule has 1 aliphatic heterocycles. The number of ether oxygens (including phenoxy) is 2. The highest BCUT2D eigenvalue weighted by Gasteiger charge is 2.37. The van der Waals surface area contributed by atoms with Crippen molar-refractivity contribution in [3.05, 3.63) is 139 Å². The van der Waals surface area contributed by atoms with Gasteiger partial charge in [0.05, 0.1) is 29.5 Å². The van der Waals surface area contributed by atoms with Gasteiger partial charge in [-0.3, -0.25) is 9.36 Å². The van der Waals surface area contributed by atoms with E-state index in [2.05, 4.69) is 26.0 Å². The first-order valence-corrected chi connectivity index (χ1v) is 15.2. The molecule has 0 saturated carbocycles. The molecular formula is C36H32N2O4S. The monoisotopic (exact) mass is 588 g/mol. The number of rotatable bonds is 7. The lowest BCUT2D eigenvalue weighted by molar-refractivity contribution is -0.138. The van der Waals surface area contributed by atoms with Crippen molar-refractivity contribution < 1.29 is 14.3 Å². The molecule has 43 heavy (non-hydrogen) atoms. The third kappa shape index (κ3) is 5.21. The van der Waals surface area contributed by atoms with Crippen molar-refractivity contribution in [2.24, 2.45) is 4.99 Å². The van der Waals surface area contributed by atoms with Crippen LogP contribution in [0.1, 0.15) is 55.0 Å². The van der Waals surface area contributed by atoms with Gasteiger partial charge in [0.1, 0.15) is 11.8 Å². The number of thiazole rings is 1. The van der Waals surface area contributed by atoms with Crippen LogP contribution in [0.4, 0.5) is 0 Å². The van der Waals surface area contributed by atoms with Crippen molar-refractivity contribution in [2.45, 2.75) is 32.7 Å². The molecule has 0 N–H and O–H groups in total. The van der Waals surface area contributed by atoms with Crippen LogP contribution >= 0.6 is 11.3 Å². The molecule has 6 rings (SSSR count). The van der Waals surface area contributed by atoms with E-state index in [4.69, 9.17) is 14.5 Å². The van der Waals surface area contributed by atoms with Crippen molar-refractivity contribution >= 4 is 39.9 Å². The van der Waals surface area contributed by atoms with Gasteiger partial charge in [-0.25, -0.2) is 9.79 Å². The summed E-state index contributed by atoms with van der Waals surface area (Å²) in [5.74, 6) is 0.454. The van der Waals surface area contributed by atoms with Crippen LogP contribution in [0, 0.1) is 0 Å². The Labute approximate surface area is 253 Å². The summed E-state index contributed by atoms with van der Waals surface area (Å²) in [5.41, 5.74) is 4.16. The van der Waals surface area contributed by atoms with Gasteiger partial charge < -0.3 is 9.47 Å². The fourth-order valence-corrected chi connectivity index (χ4v) is 6.58. The zero-order valence-corrected chi connectivity index (χ0v) is 25.4. The van der Waals surface area contributed by atoms with Crippen LogP contribution in [-0.4, -0.2) is 24.3 Å². The molecule has 216 valence electrons. The number of aromatic nitrogens is 1. The fraction of sp³-hybridized carbons (Fsp3) is 0.194. The highest BCUT2D eigenvalue weighted by Crippen LogP contribution is 2.42. The van der Waals surface area contributed by atoms with E-state index in [-0.39, 0.29) is 12.2 Å². The summed E-state index contributed by atoms with van der Waals surface area (Å²) in [5, 5.41) is 1.84. The predicted octanol–water partition coefficient (Wildman–Crippen LogP) is 6.22. The largest absolute Gasteiger partial charge is 0.496 e. The van der Waals surface area contributed by atoms with Crippen LogP contribution < -0.4 is 19.6 Å². The van der Waals surface area contributed by atoms with Crippen LogP contribution in [0.3, 0.4) is 0 Å². The van der Waals surface area contributed by atoms with Gasteiger partial charge in [-0.1, -0.05) is 110 Å². The number of hydrogen-bond donors (Lipinski definition) is 0. The summed E-state index contributed by atoms with van der Waals surface area (Å²) in [6.07, 6.45) is 1.89. The molecule has 1 unspecified atom stereocenters. The Kier molecular flexibility index (Phi) is 7.82. The summed E-state index contributed by atoms with van der Waals surface area (Å²) in [6.45, 7) is 6.26. The summed E-state index contributed by atoms with van der Waals surface area (Å²) in [7, 11) is 1.60. The Morgan fingerprint density at radius 2 is 1.70 bits per heavy atom. The molecule has 0 radical (unpaired) electrons. The normalized spacial score (nSPS) is 15.0. The second-order valence-corrected chi connectivity index (χ2v) is 11.7. The zero-order chi connectivity index (χ0) is 30.1. The van der Waals surface area contributed by atoms with Crippen LogP contribution in [0.15, 0.2) is 106 Å². The van der Waals surface area contributed by atoms with Crippen molar-refractivity contribution in [1.29, 1.82) is 0 Å². The maximum absolute atomic E-state index is 14.3. The summed E-state index contributed by atoms with van der Waals surface area (Å²) in [4.78, 5) is 33.7. The standard InChI is InChI=1S/C36H32N2O4S/c1-5-42-35(40)31-32(26-12-7-6-8-13-26)37-36-38(33(31)30-27-14-10-9-11-25(27)19-20-28(30)41-4)34(39)29(43-36)21-23-15-17-24(18-16-23)22(2)3/h6-22,33H,5H2,1-4H3/b29-21-. The molecule has 5 aromatic rings. The average Bonchev–Trinajstić information content (AvgIpc) is 3.34. The number of esters is 1. The quantitative estimate of drug-likeness (QED) is 0.212. The van der Waals surface area contributed by atoms with Gasteiger partial charge in [0.2, 0.25) is 0 Å². The maximum Gasteiger partial charge on any atom is 0.338 e. The minimum absolute atomic E-state index is 0.181. The smallest absolute Gasteiger partial charge is 0.338 e. The minimum atomic E-state index is -0.836. The molecule has 6 nitrogen and oxygen atoms in total. The van der Waals surface area contributed by atoms with E-state index >= 15 is 0 Å².